The molecule has 1 heterocycles. The maximum atomic E-state index is 11.3. The molecule has 0 fully saturated rings. The summed E-state index contributed by atoms with van der Waals surface area (Å²) in [5.41, 5.74) is 2.42. The Labute approximate surface area is 128 Å². The highest BCUT2D eigenvalue weighted by molar-refractivity contribution is 5.89. The fourth-order valence-electron chi connectivity index (χ4n) is 1.88. The molecule has 0 aliphatic heterocycles. The maximum absolute atomic E-state index is 11.3. The van der Waals surface area contributed by atoms with E-state index in [1.807, 2.05) is 36.4 Å². The predicted molar refractivity (Wildman–Crippen MR) is 81.0 cm³/mol. The highest BCUT2D eigenvalue weighted by Gasteiger charge is 2.05. The van der Waals surface area contributed by atoms with Gasteiger partial charge in [0, 0.05) is 12.1 Å². The van der Waals surface area contributed by atoms with Crippen molar-refractivity contribution in [3.63, 3.8) is 0 Å². The van der Waals surface area contributed by atoms with E-state index in [0.717, 1.165) is 11.1 Å². The number of hydrogen-bond donors (Lipinski definition) is 1. The minimum atomic E-state index is -0.876. The zero-order valence-electron chi connectivity index (χ0n) is 12.1. The highest BCUT2D eigenvalue weighted by Crippen LogP contribution is 2.09. The number of carbonyl (C=O) groups excluding carboxylic acids is 1. The van der Waals surface area contributed by atoms with Crippen LogP contribution in [-0.4, -0.2) is 24.2 Å². The van der Waals surface area contributed by atoms with Crippen molar-refractivity contribution in [3.8, 4) is 0 Å². The molecule has 0 spiro atoms. The zero-order valence-corrected chi connectivity index (χ0v) is 12.1. The molecule has 0 saturated heterocycles. The zero-order chi connectivity index (χ0) is 15.9. The van der Waals surface area contributed by atoms with Gasteiger partial charge in [-0.1, -0.05) is 24.3 Å². The summed E-state index contributed by atoms with van der Waals surface area (Å²) in [6.07, 6.45) is 7.26. The number of nitrogens with zero attached hydrogens (tertiary/aromatic N) is 1. The molecule has 0 saturated carbocycles. The molecule has 1 aromatic carbocycles. The Balaban J connectivity index is 2.05. The average Bonchev–Trinajstić information content (AvgIpc) is 2.53. The molecule has 0 bridgehead atoms. The minimum absolute atomic E-state index is 0.0566. The Morgan fingerprint density at radius 2 is 1.59 bits per heavy atom. The molecule has 0 aliphatic rings. The van der Waals surface area contributed by atoms with E-state index < -0.39 is 5.97 Å². The van der Waals surface area contributed by atoms with Gasteiger partial charge < -0.3 is 9.84 Å². The summed E-state index contributed by atoms with van der Waals surface area (Å²) in [7, 11) is 1.35. The van der Waals surface area contributed by atoms with Gasteiger partial charge in [-0.3, -0.25) is 0 Å². The Kier molecular flexibility index (Phi) is 5.03. The molecule has 5 nitrogen and oxygen atoms in total. The molecule has 0 aliphatic carbocycles. The summed E-state index contributed by atoms with van der Waals surface area (Å²) in [6.45, 7) is -0.0566. The van der Waals surface area contributed by atoms with Crippen molar-refractivity contribution in [1.82, 2.24) is 0 Å². The van der Waals surface area contributed by atoms with E-state index in [1.54, 1.807) is 29.1 Å². The third-order valence-corrected chi connectivity index (χ3v) is 3.03. The normalized spacial score (nSPS) is 10.6. The third kappa shape index (κ3) is 4.28. The van der Waals surface area contributed by atoms with Crippen LogP contribution >= 0.6 is 0 Å². The molecule has 2 aromatic rings. The number of pyridine rings is 1. The van der Waals surface area contributed by atoms with Gasteiger partial charge in [0.25, 0.3) is 0 Å². The third-order valence-electron chi connectivity index (χ3n) is 3.03. The first-order valence-corrected chi connectivity index (χ1v) is 6.66. The van der Waals surface area contributed by atoms with Gasteiger partial charge in [-0.2, -0.15) is 4.57 Å². The van der Waals surface area contributed by atoms with E-state index in [4.69, 9.17) is 5.11 Å². The van der Waals surface area contributed by atoms with Crippen molar-refractivity contribution in [2.24, 2.45) is 0 Å². The molecule has 0 amide bonds. The van der Waals surface area contributed by atoms with E-state index in [0.29, 0.717) is 5.56 Å². The lowest BCUT2D eigenvalue weighted by molar-refractivity contribution is -0.685. The molecular formula is C17H16NO4+. The fraction of sp³-hybridized carbons (Fsp3) is 0.118. The molecule has 0 atom stereocenters. The van der Waals surface area contributed by atoms with Crippen LogP contribution in [0.3, 0.4) is 0 Å². The van der Waals surface area contributed by atoms with Crippen molar-refractivity contribution in [2.45, 2.75) is 6.54 Å². The van der Waals surface area contributed by atoms with Crippen LogP contribution in [0.1, 0.15) is 21.5 Å². The molecule has 0 radical (unpaired) electrons. The first-order chi connectivity index (χ1) is 10.6. The molecule has 5 heteroatoms. The maximum Gasteiger partial charge on any atom is 0.370 e. The Bertz CT molecular complexity index is 688. The van der Waals surface area contributed by atoms with Crippen molar-refractivity contribution in [1.29, 1.82) is 0 Å². The molecular weight excluding hydrogens is 282 g/mol. The van der Waals surface area contributed by atoms with E-state index in [1.165, 1.54) is 7.11 Å². The SMILES string of the molecule is COC(=O)c1ccc(/C=C\c2cc[n+](CC(=O)O)cc2)cc1. The minimum Gasteiger partial charge on any atom is -0.477 e. The number of ether oxygens (including phenoxy) is 1. The second-order valence-electron chi connectivity index (χ2n) is 4.64. The number of carboxylic acids is 1. The first-order valence-electron chi connectivity index (χ1n) is 6.66. The Morgan fingerprint density at radius 3 is 2.09 bits per heavy atom. The summed E-state index contributed by atoms with van der Waals surface area (Å²) < 4.78 is 6.23. The van der Waals surface area contributed by atoms with Crippen LogP contribution in [0.25, 0.3) is 12.2 Å². The quantitative estimate of drug-likeness (QED) is 0.677. The monoisotopic (exact) mass is 298 g/mol. The van der Waals surface area contributed by atoms with Gasteiger partial charge in [-0.15, -0.1) is 0 Å². The lowest BCUT2D eigenvalue weighted by Crippen LogP contribution is -2.36. The summed E-state index contributed by atoms with van der Waals surface area (Å²) in [5.74, 6) is -1.24. The van der Waals surface area contributed by atoms with Crippen LogP contribution in [0.2, 0.25) is 0 Å². The van der Waals surface area contributed by atoms with E-state index >= 15 is 0 Å². The van der Waals surface area contributed by atoms with E-state index in [9.17, 15) is 9.59 Å². The van der Waals surface area contributed by atoms with Gasteiger partial charge >= 0.3 is 11.9 Å². The number of rotatable bonds is 5. The van der Waals surface area contributed by atoms with Gasteiger partial charge in [0.2, 0.25) is 6.54 Å². The second-order valence-corrected chi connectivity index (χ2v) is 4.64. The lowest BCUT2D eigenvalue weighted by atomic mass is 10.1. The van der Waals surface area contributed by atoms with Crippen LogP contribution in [0.5, 0.6) is 0 Å². The number of benzene rings is 1. The molecule has 1 N–H and O–H groups in total. The van der Waals surface area contributed by atoms with Crippen molar-refractivity contribution in [2.75, 3.05) is 7.11 Å². The van der Waals surface area contributed by atoms with Gasteiger partial charge in [0.1, 0.15) is 0 Å². The topological polar surface area (TPSA) is 67.5 Å². The van der Waals surface area contributed by atoms with Gasteiger partial charge in [0.15, 0.2) is 12.4 Å². The number of carbonyl (C=O) groups is 2. The lowest BCUT2D eigenvalue weighted by Gasteiger charge is -1.99. The summed E-state index contributed by atoms with van der Waals surface area (Å²) in [6, 6.07) is 10.7. The van der Waals surface area contributed by atoms with Crippen LogP contribution in [-0.2, 0) is 16.1 Å². The van der Waals surface area contributed by atoms with E-state index in [-0.39, 0.29) is 12.5 Å². The standard InChI is InChI=1S/C17H15NO4/c1-22-17(21)15-6-4-13(5-7-15)2-3-14-8-10-18(11-9-14)12-16(19)20/h2-11H,12H2,1H3/p+1/b3-2-. The summed E-state index contributed by atoms with van der Waals surface area (Å²) >= 11 is 0. The van der Waals surface area contributed by atoms with Gasteiger partial charge in [-0.05, 0) is 23.3 Å². The predicted octanol–water partition coefficient (Wildman–Crippen LogP) is 2.02. The van der Waals surface area contributed by atoms with Gasteiger partial charge in [0.05, 0.1) is 12.7 Å². The van der Waals surface area contributed by atoms with Crippen molar-refractivity contribution >= 4 is 24.1 Å². The van der Waals surface area contributed by atoms with Crippen LogP contribution in [0, 0.1) is 0 Å². The molecule has 22 heavy (non-hydrogen) atoms. The fourth-order valence-corrected chi connectivity index (χ4v) is 1.88. The van der Waals surface area contributed by atoms with E-state index in [2.05, 4.69) is 4.74 Å². The molecule has 1 aromatic heterocycles. The Morgan fingerprint density at radius 1 is 1.05 bits per heavy atom. The number of esters is 1. The van der Waals surface area contributed by atoms with Crippen molar-refractivity contribution < 1.29 is 24.0 Å². The smallest absolute Gasteiger partial charge is 0.370 e. The number of carboxylic acid groups (broad SMARTS) is 1. The first kappa shape index (κ1) is 15.4. The summed E-state index contributed by atoms with van der Waals surface area (Å²) in [5, 5.41) is 8.70. The van der Waals surface area contributed by atoms with Crippen LogP contribution < -0.4 is 4.57 Å². The number of aliphatic carboxylic acids is 1. The Hall–Kier alpha value is -2.95. The number of hydrogen-bond acceptors (Lipinski definition) is 3. The second kappa shape index (κ2) is 7.17. The van der Waals surface area contributed by atoms with Gasteiger partial charge in [-0.25, -0.2) is 9.59 Å². The highest BCUT2D eigenvalue weighted by atomic mass is 16.5. The summed E-state index contributed by atoms with van der Waals surface area (Å²) in [4.78, 5) is 21.9. The molecule has 112 valence electrons. The number of aromatic nitrogens is 1. The average molecular weight is 298 g/mol. The van der Waals surface area contributed by atoms with Crippen LogP contribution in [0.15, 0.2) is 48.8 Å². The van der Waals surface area contributed by atoms with Crippen molar-refractivity contribution in [3.05, 3.63) is 65.5 Å². The molecule has 0 unspecified atom stereocenters. The molecule has 2 rings (SSSR count). The number of methoxy groups -OCH3 is 1. The largest absolute Gasteiger partial charge is 0.477 e. The van der Waals surface area contributed by atoms with Crippen LogP contribution in [0.4, 0.5) is 0 Å².